The molecule has 1 aliphatic carbocycles. The minimum atomic E-state index is -0.665. The van der Waals surface area contributed by atoms with Gasteiger partial charge in [-0.25, -0.2) is 4.79 Å². The van der Waals surface area contributed by atoms with Crippen LogP contribution in [0.1, 0.15) is 48.0 Å². The largest absolute Gasteiger partial charge is 0.452 e. The number of rotatable bonds is 4. The number of esters is 1. The van der Waals surface area contributed by atoms with Gasteiger partial charge >= 0.3 is 5.97 Å². The molecule has 2 aromatic carbocycles. The first kappa shape index (κ1) is 18.8. The van der Waals surface area contributed by atoms with Gasteiger partial charge in [-0.2, -0.15) is 5.26 Å². The Morgan fingerprint density at radius 3 is 2.66 bits per heavy atom. The lowest BCUT2D eigenvalue weighted by Crippen LogP contribution is -2.40. The standard InChI is InChI=1S/C22H20N2O5/c23-13-15-5-4-6-16(11-15)21(26)27-14-20(25)24-17-7-8-18-19(12-17)29-22(28-18)9-2-1-3-10-22/h4-8,11-12H,1-3,9-10,14H2,(H,24,25). The Labute approximate surface area is 168 Å². The van der Waals surface area contributed by atoms with Crippen LogP contribution in [0.15, 0.2) is 42.5 Å². The molecular weight excluding hydrogens is 372 g/mol. The fourth-order valence-corrected chi connectivity index (χ4v) is 3.59. The third-order valence-electron chi connectivity index (χ3n) is 5.00. The third kappa shape index (κ3) is 4.16. The normalized spacial score (nSPS) is 16.1. The number of carbonyl (C=O) groups excluding carboxylic acids is 2. The predicted molar refractivity (Wildman–Crippen MR) is 104 cm³/mol. The topological polar surface area (TPSA) is 97.7 Å². The van der Waals surface area contributed by atoms with Gasteiger partial charge in [0.15, 0.2) is 18.1 Å². The highest BCUT2D eigenvalue weighted by Gasteiger charge is 2.42. The zero-order valence-corrected chi connectivity index (χ0v) is 15.8. The molecule has 0 atom stereocenters. The van der Waals surface area contributed by atoms with Gasteiger partial charge in [0.1, 0.15) is 0 Å². The molecule has 7 heteroatoms. The van der Waals surface area contributed by atoms with Crippen LogP contribution >= 0.6 is 0 Å². The lowest BCUT2D eigenvalue weighted by Gasteiger charge is -2.31. The van der Waals surface area contributed by atoms with Crippen molar-refractivity contribution in [3.8, 4) is 17.6 Å². The number of hydrogen-bond acceptors (Lipinski definition) is 6. The summed E-state index contributed by atoms with van der Waals surface area (Å²) >= 11 is 0. The SMILES string of the molecule is N#Cc1cccc(C(=O)OCC(=O)Nc2ccc3c(c2)OC2(CCCCC2)O3)c1. The van der Waals surface area contributed by atoms with Gasteiger partial charge in [0.2, 0.25) is 0 Å². The number of ether oxygens (including phenoxy) is 3. The van der Waals surface area contributed by atoms with Gasteiger partial charge in [-0.05, 0) is 43.2 Å². The summed E-state index contributed by atoms with van der Waals surface area (Å²) < 4.78 is 17.1. The van der Waals surface area contributed by atoms with E-state index in [1.807, 2.05) is 6.07 Å². The molecule has 1 aliphatic heterocycles. The van der Waals surface area contributed by atoms with Gasteiger partial charge < -0.3 is 19.5 Å². The maximum atomic E-state index is 12.2. The molecule has 2 aromatic rings. The lowest BCUT2D eigenvalue weighted by atomic mass is 9.94. The van der Waals surface area contributed by atoms with E-state index in [4.69, 9.17) is 19.5 Å². The Morgan fingerprint density at radius 1 is 1.07 bits per heavy atom. The van der Waals surface area contributed by atoms with E-state index in [1.165, 1.54) is 18.6 Å². The molecule has 1 saturated carbocycles. The molecule has 148 valence electrons. The van der Waals surface area contributed by atoms with E-state index in [-0.39, 0.29) is 5.56 Å². The Morgan fingerprint density at radius 2 is 1.86 bits per heavy atom. The summed E-state index contributed by atoms with van der Waals surface area (Å²) in [4.78, 5) is 24.2. The van der Waals surface area contributed by atoms with Crippen molar-refractivity contribution >= 4 is 17.6 Å². The number of nitriles is 1. The van der Waals surface area contributed by atoms with E-state index in [1.54, 1.807) is 30.3 Å². The number of carbonyl (C=O) groups is 2. The number of hydrogen-bond donors (Lipinski definition) is 1. The van der Waals surface area contributed by atoms with Crippen LogP contribution in [0.25, 0.3) is 0 Å². The van der Waals surface area contributed by atoms with Gasteiger partial charge in [-0.1, -0.05) is 12.5 Å². The van der Waals surface area contributed by atoms with E-state index in [0.717, 1.165) is 25.7 Å². The minimum absolute atomic E-state index is 0.220. The predicted octanol–water partition coefficient (Wildman–Crippen LogP) is 3.79. The molecule has 1 spiro atoms. The van der Waals surface area contributed by atoms with Crippen molar-refractivity contribution in [3.63, 3.8) is 0 Å². The molecule has 0 saturated heterocycles. The first-order valence-corrected chi connectivity index (χ1v) is 9.56. The first-order chi connectivity index (χ1) is 14.1. The fourth-order valence-electron chi connectivity index (χ4n) is 3.59. The molecule has 0 unspecified atom stereocenters. The van der Waals surface area contributed by atoms with Crippen LogP contribution in [0, 0.1) is 11.3 Å². The van der Waals surface area contributed by atoms with Gasteiger partial charge in [0, 0.05) is 24.6 Å². The Bertz CT molecular complexity index is 989. The maximum Gasteiger partial charge on any atom is 0.338 e. The molecule has 0 bridgehead atoms. The van der Waals surface area contributed by atoms with Crippen molar-refractivity contribution in [2.75, 3.05) is 11.9 Å². The molecule has 2 aliphatic rings. The fraction of sp³-hybridized carbons (Fsp3) is 0.318. The molecule has 0 aromatic heterocycles. The molecule has 1 N–H and O–H groups in total. The second kappa shape index (κ2) is 7.84. The van der Waals surface area contributed by atoms with Crippen molar-refractivity contribution in [2.45, 2.75) is 37.9 Å². The monoisotopic (exact) mass is 392 g/mol. The molecule has 29 heavy (non-hydrogen) atoms. The average molecular weight is 392 g/mol. The van der Waals surface area contributed by atoms with E-state index in [0.29, 0.717) is 22.7 Å². The third-order valence-corrected chi connectivity index (χ3v) is 5.00. The van der Waals surface area contributed by atoms with Crippen LogP contribution in [0.2, 0.25) is 0 Å². The van der Waals surface area contributed by atoms with Gasteiger partial charge in [0.25, 0.3) is 11.7 Å². The molecule has 1 fully saturated rings. The van der Waals surface area contributed by atoms with Crippen molar-refractivity contribution in [1.82, 2.24) is 0 Å². The average Bonchev–Trinajstić information content (AvgIpc) is 3.09. The summed E-state index contributed by atoms with van der Waals surface area (Å²) in [6.07, 6.45) is 5.03. The number of benzene rings is 2. The minimum Gasteiger partial charge on any atom is -0.452 e. The van der Waals surface area contributed by atoms with Gasteiger partial charge in [0.05, 0.1) is 17.2 Å². The molecule has 4 rings (SSSR count). The highest BCUT2D eigenvalue weighted by molar-refractivity contribution is 5.95. The van der Waals surface area contributed by atoms with Crippen molar-refractivity contribution < 1.29 is 23.8 Å². The van der Waals surface area contributed by atoms with E-state index < -0.39 is 24.3 Å². The van der Waals surface area contributed by atoms with Crippen molar-refractivity contribution in [3.05, 3.63) is 53.6 Å². The van der Waals surface area contributed by atoms with Crippen LogP contribution in [0.4, 0.5) is 5.69 Å². The maximum absolute atomic E-state index is 12.2. The number of amides is 1. The highest BCUT2D eigenvalue weighted by atomic mass is 16.7. The molecular formula is C22H20N2O5. The quantitative estimate of drug-likeness (QED) is 0.795. The Hall–Kier alpha value is -3.53. The number of fused-ring (bicyclic) bond motifs is 1. The summed E-state index contributed by atoms with van der Waals surface area (Å²) in [5.74, 6) is -0.427. The number of anilines is 1. The van der Waals surface area contributed by atoms with Crippen molar-refractivity contribution in [1.29, 1.82) is 5.26 Å². The van der Waals surface area contributed by atoms with E-state index >= 15 is 0 Å². The van der Waals surface area contributed by atoms with Crippen LogP contribution in [0.3, 0.4) is 0 Å². The first-order valence-electron chi connectivity index (χ1n) is 9.56. The highest BCUT2D eigenvalue weighted by Crippen LogP contribution is 2.46. The Kier molecular flexibility index (Phi) is 5.09. The second-order valence-corrected chi connectivity index (χ2v) is 7.15. The summed E-state index contributed by atoms with van der Waals surface area (Å²) in [6, 6.07) is 13.3. The van der Waals surface area contributed by atoms with E-state index in [9.17, 15) is 9.59 Å². The number of nitrogens with one attached hydrogen (secondary N) is 1. The van der Waals surface area contributed by atoms with Crippen LogP contribution in [0.5, 0.6) is 11.5 Å². The van der Waals surface area contributed by atoms with Crippen LogP contribution in [-0.2, 0) is 9.53 Å². The van der Waals surface area contributed by atoms with Crippen molar-refractivity contribution in [2.24, 2.45) is 0 Å². The molecule has 0 radical (unpaired) electrons. The lowest BCUT2D eigenvalue weighted by molar-refractivity contribution is -0.119. The molecule has 7 nitrogen and oxygen atoms in total. The zero-order valence-electron chi connectivity index (χ0n) is 15.8. The van der Waals surface area contributed by atoms with Crippen LogP contribution in [-0.4, -0.2) is 24.3 Å². The smallest absolute Gasteiger partial charge is 0.338 e. The summed E-state index contributed by atoms with van der Waals surface area (Å²) in [5.41, 5.74) is 1.10. The number of nitrogens with zero attached hydrogens (tertiary/aromatic N) is 1. The van der Waals surface area contributed by atoms with Crippen LogP contribution < -0.4 is 14.8 Å². The Balaban J connectivity index is 1.33. The zero-order chi connectivity index (χ0) is 20.3. The molecule has 1 amide bonds. The van der Waals surface area contributed by atoms with Gasteiger partial charge in [-0.15, -0.1) is 0 Å². The second-order valence-electron chi connectivity index (χ2n) is 7.15. The summed E-state index contributed by atoms with van der Waals surface area (Å²) in [6.45, 7) is -0.437. The van der Waals surface area contributed by atoms with Gasteiger partial charge in [-0.3, -0.25) is 4.79 Å². The summed E-state index contributed by atoms with van der Waals surface area (Å²) in [5, 5.41) is 11.6. The molecule has 1 heterocycles. The summed E-state index contributed by atoms with van der Waals surface area (Å²) in [7, 11) is 0. The van der Waals surface area contributed by atoms with E-state index in [2.05, 4.69) is 5.32 Å².